The van der Waals surface area contributed by atoms with Gasteiger partial charge in [0.2, 0.25) is 0 Å². The quantitative estimate of drug-likeness (QED) is 0.788. The van der Waals surface area contributed by atoms with Crippen LogP contribution in [0.4, 0.5) is 10.5 Å². The van der Waals surface area contributed by atoms with Crippen LogP contribution in [0, 0.1) is 0 Å². The average Bonchev–Trinajstić information content (AvgIpc) is 2.68. The third-order valence-electron chi connectivity index (χ3n) is 2.55. The van der Waals surface area contributed by atoms with Crippen molar-refractivity contribution in [1.29, 1.82) is 0 Å². The van der Waals surface area contributed by atoms with Gasteiger partial charge in [-0.2, -0.15) is 0 Å². The highest BCUT2D eigenvalue weighted by atomic mass is 35.5. The molecule has 0 spiro atoms. The molecule has 0 bridgehead atoms. The highest BCUT2D eigenvalue weighted by Crippen LogP contribution is 2.15. The van der Waals surface area contributed by atoms with Gasteiger partial charge >= 0.3 is 6.03 Å². The fourth-order valence-corrected chi connectivity index (χ4v) is 1.79. The van der Waals surface area contributed by atoms with E-state index >= 15 is 0 Å². The molecule has 1 aromatic rings. The second kappa shape index (κ2) is 4.72. The van der Waals surface area contributed by atoms with Crippen molar-refractivity contribution in [2.75, 3.05) is 18.4 Å². The topological polar surface area (TPSA) is 52.6 Å². The molecule has 5 heteroatoms. The molecule has 2 amide bonds. The predicted octanol–water partition coefficient (Wildman–Crippen LogP) is 1.94. The maximum absolute atomic E-state index is 11.7. The van der Waals surface area contributed by atoms with Gasteiger partial charge in [0.05, 0.1) is 6.10 Å². The zero-order valence-electron chi connectivity index (χ0n) is 8.69. The fourth-order valence-electron chi connectivity index (χ4n) is 1.66. The number of likely N-dealkylation sites (tertiary alicyclic amines) is 1. The Balaban J connectivity index is 1.94. The van der Waals surface area contributed by atoms with Crippen molar-refractivity contribution in [3.63, 3.8) is 0 Å². The van der Waals surface area contributed by atoms with E-state index in [1.165, 1.54) is 0 Å². The summed E-state index contributed by atoms with van der Waals surface area (Å²) in [7, 11) is 0. The molecule has 1 aliphatic rings. The molecule has 0 unspecified atom stereocenters. The summed E-state index contributed by atoms with van der Waals surface area (Å²) in [5, 5.41) is 12.7. The summed E-state index contributed by atoms with van der Waals surface area (Å²) in [5.41, 5.74) is 0.704. The molecule has 1 heterocycles. The highest BCUT2D eigenvalue weighted by Gasteiger charge is 2.24. The number of benzene rings is 1. The van der Waals surface area contributed by atoms with Crippen LogP contribution in [0.5, 0.6) is 0 Å². The summed E-state index contributed by atoms with van der Waals surface area (Å²) >= 11 is 5.74. The Bertz CT molecular complexity index is 380. The number of β-amino-alcohol motifs (C(OH)–C–C–N with tert-alkyl or cyclic N) is 1. The normalized spacial score (nSPS) is 19.9. The number of aliphatic hydroxyl groups is 1. The van der Waals surface area contributed by atoms with Crippen molar-refractivity contribution in [2.24, 2.45) is 0 Å². The summed E-state index contributed by atoms with van der Waals surface area (Å²) in [6, 6.07) is 6.74. The third-order valence-corrected chi connectivity index (χ3v) is 2.80. The summed E-state index contributed by atoms with van der Waals surface area (Å²) in [5.74, 6) is 0. The Morgan fingerprint density at radius 2 is 2.12 bits per heavy atom. The fraction of sp³-hybridized carbons (Fsp3) is 0.364. The van der Waals surface area contributed by atoms with E-state index in [0.29, 0.717) is 30.2 Å². The van der Waals surface area contributed by atoms with Crippen molar-refractivity contribution >= 4 is 23.3 Å². The lowest BCUT2D eigenvalue weighted by Crippen LogP contribution is -2.33. The first-order valence-corrected chi connectivity index (χ1v) is 5.52. The maximum Gasteiger partial charge on any atom is 0.321 e. The molecule has 1 saturated heterocycles. The van der Waals surface area contributed by atoms with Crippen LogP contribution >= 0.6 is 11.6 Å². The zero-order chi connectivity index (χ0) is 11.5. The number of hydrogen-bond donors (Lipinski definition) is 2. The number of halogens is 1. The summed E-state index contributed by atoms with van der Waals surface area (Å²) in [6.45, 7) is 1.00. The van der Waals surface area contributed by atoms with E-state index in [9.17, 15) is 9.90 Å². The average molecular weight is 241 g/mol. The van der Waals surface area contributed by atoms with Gasteiger partial charge in [0.15, 0.2) is 0 Å². The molecule has 4 nitrogen and oxygen atoms in total. The van der Waals surface area contributed by atoms with Crippen molar-refractivity contribution in [3.8, 4) is 0 Å². The molecule has 1 aromatic carbocycles. The second-order valence-corrected chi connectivity index (χ2v) is 4.26. The molecule has 1 fully saturated rings. The molecule has 1 atom stereocenters. The van der Waals surface area contributed by atoms with Crippen molar-refractivity contribution in [3.05, 3.63) is 29.3 Å². The number of carbonyl (C=O) groups is 1. The molecule has 2 N–H and O–H groups in total. The lowest BCUT2D eigenvalue weighted by molar-refractivity contribution is 0.176. The van der Waals surface area contributed by atoms with Gasteiger partial charge < -0.3 is 15.3 Å². The monoisotopic (exact) mass is 240 g/mol. The molecular formula is C11H13ClN2O2. The zero-order valence-corrected chi connectivity index (χ0v) is 9.44. The number of hydrogen-bond acceptors (Lipinski definition) is 2. The number of aliphatic hydroxyl groups excluding tert-OH is 1. The number of anilines is 1. The van der Waals surface area contributed by atoms with Crippen LogP contribution in [0.15, 0.2) is 24.3 Å². The van der Waals surface area contributed by atoms with Gasteiger partial charge in [-0.15, -0.1) is 0 Å². The van der Waals surface area contributed by atoms with Crippen LogP contribution in [-0.4, -0.2) is 35.2 Å². The highest BCUT2D eigenvalue weighted by molar-refractivity contribution is 6.30. The molecule has 0 saturated carbocycles. The predicted molar refractivity (Wildman–Crippen MR) is 62.7 cm³/mol. The van der Waals surface area contributed by atoms with E-state index < -0.39 is 6.10 Å². The van der Waals surface area contributed by atoms with Gasteiger partial charge in [-0.05, 0) is 30.7 Å². The Hall–Kier alpha value is -1.26. The lowest BCUT2D eigenvalue weighted by atomic mass is 10.3. The van der Waals surface area contributed by atoms with Gasteiger partial charge in [-0.1, -0.05) is 11.6 Å². The van der Waals surface area contributed by atoms with E-state index in [1.807, 2.05) is 0 Å². The van der Waals surface area contributed by atoms with Crippen LogP contribution < -0.4 is 5.32 Å². The molecule has 2 rings (SSSR count). The smallest absolute Gasteiger partial charge is 0.321 e. The van der Waals surface area contributed by atoms with E-state index in [-0.39, 0.29) is 6.03 Å². The Kier molecular flexibility index (Phi) is 3.31. The largest absolute Gasteiger partial charge is 0.391 e. The molecular weight excluding hydrogens is 228 g/mol. The summed E-state index contributed by atoms with van der Waals surface area (Å²) in [4.78, 5) is 13.3. The van der Waals surface area contributed by atoms with Gasteiger partial charge in [0.1, 0.15) is 0 Å². The molecule has 0 aromatic heterocycles. The molecule has 86 valence electrons. The second-order valence-electron chi connectivity index (χ2n) is 3.83. The lowest BCUT2D eigenvalue weighted by Gasteiger charge is -2.16. The maximum atomic E-state index is 11.7. The Morgan fingerprint density at radius 1 is 1.44 bits per heavy atom. The minimum absolute atomic E-state index is 0.182. The molecule has 1 aliphatic heterocycles. The van der Waals surface area contributed by atoms with Crippen LogP contribution in [0.1, 0.15) is 6.42 Å². The van der Waals surface area contributed by atoms with Crippen molar-refractivity contribution < 1.29 is 9.90 Å². The number of amides is 2. The number of nitrogens with zero attached hydrogens (tertiary/aromatic N) is 1. The van der Waals surface area contributed by atoms with E-state index in [1.54, 1.807) is 29.2 Å². The van der Waals surface area contributed by atoms with E-state index in [4.69, 9.17) is 11.6 Å². The molecule has 16 heavy (non-hydrogen) atoms. The van der Waals surface area contributed by atoms with Crippen LogP contribution in [0.3, 0.4) is 0 Å². The van der Waals surface area contributed by atoms with Crippen LogP contribution in [-0.2, 0) is 0 Å². The first kappa shape index (κ1) is 11.2. The third kappa shape index (κ3) is 2.65. The SMILES string of the molecule is O=C(Nc1ccc(Cl)cc1)N1CC[C@H](O)C1. The van der Waals surface area contributed by atoms with Gasteiger partial charge in [0, 0.05) is 23.8 Å². The molecule has 0 aliphatic carbocycles. The van der Waals surface area contributed by atoms with Crippen LogP contribution in [0.25, 0.3) is 0 Å². The Morgan fingerprint density at radius 3 is 2.69 bits per heavy atom. The van der Waals surface area contributed by atoms with Gasteiger partial charge in [-0.25, -0.2) is 4.79 Å². The summed E-state index contributed by atoms with van der Waals surface area (Å²) < 4.78 is 0. The minimum Gasteiger partial charge on any atom is -0.391 e. The number of urea groups is 1. The number of nitrogens with one attached hydrogen (secondary N) is 1. The first-order valence-electron chi connectivity index (χ1n) is 5.15. The first-order chi connectivity index (χ1) is 7.65. The van der Waals surface area contributed by atoms with E-state index in [0.717, 1.165) is 0 Å². The standard InChI is InChI=1S/C11H13ClN2O2/c12-8-1-3-9(4-2-8)13-11(16)14-6-5-10(15)7-14/h1-4,10,15H,5-7H2,(H,13,16)/t10-/m0/s1. The molecule has 0 radical (unpaired) electrons. The minimum atomic E-state index is -0.393. The van der Waals surface area contributed by atoms with Crippen LogP contribution in [0.2, 0.25) is 5.02 Å². The number of carbonyl (C=O) groups excluding carboxylic acids is 1. The van der Waals surface area contributed by atoms with E-state index in [2.05, 4.69) is 5.32 Å². The van der Waals surface area contributed by atoms with Gasteiger partial charge in [0.25, 0.3) is 0 Å². The van der Waals surface area contributed by atoms with Crippen molar-refractivity contribution in [1.82, 2.24) is 4.90 Å². The summed E-state index contributed by atoms with van der Waals surface area (Å²) in [6.07, 6.45) is 0.254. The Labute approximate surface area is 98.8 Å². The number of rotatable bonds is 1. The van der Waals surface area contributed by atoms with Gasteiger partial charge in [-0.3, -0.25) is 0 Å². The van der Waals surface area contributed by atoms with Crippen molar-refractivity contribution in [2.45, 2.75) is 12.5 Å².